The van der Waals surface area contributed by atoms with Crippen molar-refractivity contribution in [2.45, 2.75) is 57.6 Å². The maximum absolute atomic E-state index is 9.66. The minimum atomic E-state index is -0.973. The SMILES string of the molecule is CCC1CCCC(NCC(C)(O)CO)C1. The zero-order valence-electron chi connectivity index (χ0n) is 10.00. The van der Waals surface area contributed by atoms with Crippen molar-refractivity contribution in [3.8, 4) is 0 Å². The van der Waals surface area contributed by atoms with E-state index in [-0.39, 0.29) is 6.61 Å². The van der Waals surface area contributed by atoms with Crippen molar-refractivity contribution in [1.82, 2.24) is 5.32 Å². The Bertz CT molecular complexity index is 182. The largest absolute Gasteiger partial charge is 0.393 e. The van der Waals surface area contributed by atoms with Gasteiger partial charge in [0.25, 0.3) is 0 Å². The highest BCUT2D eigenvalue weighted by Crippen LogP contribution is 2.26. The Balaban J connectivity index is 2.26. The molecule has 3 atom stereocenters. The van der Waals surface area contributed by atoms with Crippen LogP contribution < -0.4 is 5.32 Å². The Hall–Kier alpha value is -0.120. The first-order valence-electron chi connectivity index (χ1n) is 6.14. The molecular formula is C12H25NO2. The van der Waals surface area contributed by atoms with Gasteiger partial charge in [0.2, 0.25) is 0 Å². The van der Waals surface area contributed by atoms with Gasteiger partial charge in [0.15, 0.2) is 0 Å². The topological polar surface area (TPSA) is 52.5 Å². The van der Waals surface area contributed by atoms with Crippen molar-refractivity contribution < 1.29 is 10.2 Å². The first kappa shape index (κ1) is 12.9. The van der Waals surface area contributed by atoms with Crippen LogP contribution in [0.25, 0.3) is 0 Å². The Kier molecular flexibility index (Phi) is 5.03. The minimum Gasteiger partial charge on any atom is -0.393 e. The van der Waals surface area contributed by atoms with Crippen LogP contribution in [-0.4, -0.2) is 35.0 Å². The van der Waals surface area contributed by atoms with Crippen LogP contribution in [0.3, 0.4) is 0 Å². The molecular weight excluding hydrogens is 190 g/mol. The molecule has 0 amide bonds. The van der Waals surface area contributed by atoms with Crippen LogP contribution in [0, 0.1) is 5.92 Å². The second-order valence-corrected chi connectivity index (χ2v) is 5.17. The quantitative estimate of drug-likeness (QED) is 0.648. The maximum atomic E-state index is 9.66. The van der Waals surface area contributed by atoms with Gasteiger partial charge in [-0.25, -0.2) is 0 Å². The molecule has 1 fully saturated rings. The van der Waals surface area contributed by atoms with Crippen molar-refractivity contribution in [2.24, 2.45) is 5.92 Å². The molecule has 0 heterocycles. The van der Waals surface area contributed by atoms with Gasteiger partial charge in [0.1, 0.15) is 0 Å². The van der Waals surface area contributed by atoms with Crippen molar-refractivity contribution >= 4 is 0 Å². The molecule has 1 aliphatic carbocycles. The lowest BCUT2D eigenvalue weighted by Gasteiger charge is -2.31. The van der Waals surface area contributed by atoms with E-state index < -0.39 is 5.60 Å². The first-order valence-corrected chi connectivity index (χ1v) is 6.14. The minimum absolute atomic E-state index is 0.177. The predicted molar refractivity (Wildman–Crippen MR) is 61.7 cm³/mol. The van der Waals surface area contributed by atoms with Gasteiger partial charge in [0.05, 0.1) is 12.2 Å². The summed E-state index contributed by atoms with van der Waals surface area (Å²) in [6, 6.07) is 0.529. The van der Waals surface area contributed by atoms with E-state index in [1.54, 1.807) is 6.92 Å². The van der Waals surface area contributed by atoms with Crippen LogP contribution in [0.2, 0.25) is 0 Å². The van der Waals surface area contributed by atoms with Gasteiger partial charge in [-0.05, 0) is 25.7 Å². The molecule has 0 aromatic carbocycles. The van der Waals surface area contributed by atoms with Crippen molar-refractivity contribution in [1.29, 1.82) is 0 Å². The number of aliphatic hydroxyl groups is 2. The van der Waals surface area contributed by atoms with E-state index in [0.29, 0.717) is 12.6 Å². The van der Waals surface area contributed by atoms with Gasteiger partial charge in [-0.1, -0.05) is 26.2 Å². The molecule has 0 saturated heterocycles. The summed E-state index contributed by atoms with van der Waals surface area (Å²) in [6.07, 6.45) is 6.33. The number of hydrogen-bond acceptors (Lipinski definition) is 3. The van der Waals surface area contributed by atoms with Crippen molar-refractivity contribution in [3.05, 3.63) is 0 Å². The highest BCUT2D eigenvalue weighted by molar-refractivity contribution is 4.81. The molecule has 0 aromatic heterocycles. The lowest BCUT2D eigenvalue weighted by Crippen LogP contribution is -2.46. The van der Waals surface area contributed by atoms with Crippen LogP contribution in [0.4, 0.5) is 0 Å². The van der Waals surface area contributed by atoms with E-state index in [0.717, 1.165) is 5.92 Å². The molecule has 3 heteroatoms. The van der Waals surface area contributed by atoms with E-state index in [1.807, 2.05) is 0 Å². The maximum Gasteiger partial charge on any atom is 0.0972 e. The molecule has 1 saturated carbocycles. The molecule has 3 N–H and O–H groups in total. The normalized spacial score (nSPS) is 31.2. The third kappa shape index (κ3) is 4.49. The van der Waals surface area contributed by atoms with Gasteiger partial charge in [-0.3, -0.25) is 0 Å². The van der Waals surface area contributed by atoms with Crippen LogP contribution in [0.5, 0.6) is 0 Å². The third-order valence-corrected chi connectivity index (χ3v) is 3.47. The molecule has 0 aliphatic heterocycles. The van der Waals surface area contributed by atoms with E-state index >= 15 is 0 Å². The number of rotatable bonds is 5. The van der Waals surface area contributed by atoms with Crippen molar-refractivity contribution in [2.75, 3.05) is 13.2 Å². The molecule has 1 rings (SSSR count). The van der Waals surface area contributed by atoms with Crippen LogP contribution in [0.1, 0.15) is 46.0 Å². The summed E-state index contributed by atoms with van der Waals surface area (Å²) in [7, 11) is 0. The fourth-order valence-corrected chi connectivity index (χ4v) is 2.27. The van der Waals surface area contributed by atoms with Gasteiger partial charge in [-0.2, -0.15) is 0 Å². The number of aliphatic hydroxyl groups excluding tert-OH is 1. The summed E-state index contributed by atoms with van der Waals surface area (Å²) in [5.74, 6) is 0.843. The fraction of sp³-hybridized carbons (Fsp3) is 1.00. The average molecular weight is 215 g/mol. The average Bonchev–Trinajstić information content (AvgIpc) is 2.27. The molecule has 15 heavy (non-hydrogen) atoms. The summed E-state index contributed by atoms with van der Waals surface area (Å²) in [6.45, 7) is 4.23. The summed E-state index contributed by atoms with van der Waals surface area (Å²) < 4.78 is 0. The lowest BCUT2D eigenvalue weighted by atomic mass is 9.84. The Morgan fingerprint density at radius 3 is 2.73 bits per heavy atom. The third-order valence-electron chi connectivity index (χ3n) is 3.47. The standard InChI is InChI=1S/C12H25NO2/c1-3-10-5-4-6-11(7-10)13-8-12(2,15)9-14/h10-11,13-15H,3-9H2,1-2H3. The Morgan fingerprint density at radius 1 is 1.40 bits per heavy atom. The summed E-state index contributed by atoms with van der Waals surface area (Å²) in [5.41, 5.74) is -0.973. The smallest absolute Gasteiger partial charge is 0.0972 e. The fourth-order valence-electron chi connectivity index (χ4n) is 2.27. The van der Waals surface area contributed by atoms with E-state index in [1.165, 1.54) is 32.1 Å². The monoisotopic (exact) mass is 215 g/mol. The molecule has 0 aromatic rings. The number of nitrogens with one attached hydrogen (secondary N) is 1. The molecule has 90 valence electrons. The summed E-state index contributed by atoms with van der Waals surface area (Å²) >= 11 is 0. The van der Waals surface area contributed by atoms with Gasteiger partial charge < -0.3 is 15.5 Å². The first-order chi connectivity index (χ1) is 7.07. The summed E-state index contributed by atoms with van der Waals surface area (Å²) in [5, 5.41) is 22.0. The zero-order chi connectivity index (χ0) is 11.3. The number of hydrogen-bond donors (Lipinski definition) is 3. The van der Waals surface area contributed by atoms with Crippen LogP contribution in [0.15, 0.2) is 0 Å². The molecule has 0 bridgehead atoms. The van der Waals surface area contributed by atoms with Crippen LogP contribution >= 0.6 is 0 Å². The zero-order valence-corrected chi connectivity index (χ0v) is 10.00. The Labute approximate surface area is 92.9 Å². The van der Waals surface area contributed by atoms with E-state index in [9.17, 15) is 5.11 Å². The molecule has 0 radical (unpaired) electrons. The highest BCUT2D eigenvalue weighted by Gasteiger charge is 2.24. The summed E-state index contributed by atoms with van der Waals surface area (Å²) in [4.78, 5) is 0. The molecule has 1 aliphatic rings. The second-order valence-electron chi connectivity index (χ2n) is 5.17. The Morgan fingerprint density at radius 2 is 2.13 bits per heavy atom. The molecule has 0 spiro atoms. The predicted octanol–water partition coefficient (Wildman–Crippen LogP) is 1.29. The van der Waals surface area contributed by atoms with Crippen LogP contribution in [-0.2, 0) is 0 Å². The van der Waals surface area contributed by atoms with E-state index in [2.05, 4.69) is 12.2 Å². The molecule has 3 unspecified atom stereocenters. The molecule has 3 nitrogen and oxygen atoms in total. The highest BCUT2D eigenvalue weighted by atomic mass is 16.3. The van der Waals surface area contributed by atoms with Gasteiger partial charge >= 0.3 is 0 Å². The van der Waals surface area contributed by atoms with E-state index in [4.69, 9.17) is 5.11 Å². The lowest BCUT2D eigenvalue weighted by molar-refractivity contribution is -0.000723. The van der Waals surface area contributed by atoms with Crippen molar-refractivity contribution in [3.63, 3.8) is 0 Å². The van der Waals surface area contributed by atoms with Gasteiger partial charge in [-0.15, -0.1) is 0 Å². The second kappa shape index (κ2) is 5.83. The van der Waals surface area contributed by atoms with Gasteiger partial charge in [0, 0.05) is 12.6 Å².